The zero-order valence-electron chi connectivity index (χ0n) is 9.10. The van der Waals surface area contributed by atoms with Gasteiger partial charge in [-0.3, -0.25) is 0 Å². The zero-order valence-corrected chi connectivity index (χ0v) is 9.10. The first kappa shape index (κ1) is 10.7. The van der Waals surface area contributed by atoms with Crippen molar-refractivity contribution in [2.45, 2.75) is 19.3 Å². The Kier molecular flexibility index (Phi) is 2.88. The van der Waals surface area contributed by atoms with Crippen LogP contribution in [0.5, 0.6) is 17.2 Å². The first-order valence-electron chi connectivity index (χ1n) is 5.32. The molecule has 0 fully saturated rings. The zero-order chi connectivity index (χ0) is 11.5. The molecule has 3 heteroatoms. The van der Waals surface area contributed by atoms with Gasteiger partial charge in [0.1, 0.15) is 5.75 Å². The second kappa shape index (κ2) is 4.33. The summed E-state index contributed by atoms with van der Waals surface area (Å²) in [4.78, 5) is 0. The Labute approximate surface area is 94.3 Å². The highest BCUT2D eigenvalue weighted by Crippen LogP contribution is 2.43. The van der Waals surface area contributed by atoms with Gasteiger partial charge in [-0.1, -0.05) is 6.92 Å². The van der Waals surface area contributed by atoms with E-state index in [0.717, 1.165) is 12.0 Å². The van der Waals surface area contributed by atoms with Crippen LogP contribution < -0.4 is 4.74 Å². The Bertz CT molecular complexity index is 456. The van der Waals surface area contributed by atoms with E-state index in [2.05, 4.69) is 5.73 Å². The van der Waals surface area contributed by atoms with Crippen LogP contribution in [-0.4, -0.2) is 16.8 Å². The summed E-state index contributed by atoms with van der Waals surface area (Å²) in [5, 5.41) is 19.0. The molecule has 0 saturated carbocycles. The average molecular weight is 218 g/mol. The predicted octanol–water partition coefficient (Wildman–Crippen LogP) is 2.70. The average Bonchev–Trinajstić information content (AvgIpc) is 2.62. The molecular weight excluding hydrogens is 204 g/mol. The van der Waals surface area contributed by atoms with E-state index in [0.29, 0.717) is 12.4 Å². The van der Waals surface area contributed by atoms with Crippen LogP contribution in [-0.2, 0) is 0 Å². The molecule has 3 nitrogen and oxygen atoms in total. The quantitative estimate of drug-likeness (QED) is 0.750. The van der Waals surface area contributed by atoms with Crippen molar-refractivity contribution >= 4 is 0 Å². The van der Waals surface area contributed by atoms with Crippen molar-refractivity contribution in [2.75, 3.05) is 6.61 Å². The lowest BCUT2D eigenvalue weighted by molar-refractivity contribution is 0.325. The summed E-state index contributed by atoms with van der Waals surface area (Å²) in [5.41, 5.74) is 3.88. The maximum Gasteiger partial charge on any atom is 0.165 e. The van der Waals surface area contributed by atoms with E-state index in [-0.39, 0.29) is 17.4 Å². The molecule has 1 aliphatic heterocycles. The Hall–Kier alpha value is -1.86. The second-order valence-corrected chi connectivity index (χ2v) is 3.75. The summed E-state index contributed by atoms with van der Waals surface area (Å²) in [7, 11) is 0. The van der Waals surface area contributed by atoms with E-state index < -0.39 is 0 Å². The van der Waals surface area contributed by atoms with Crippen LogP contribution in [0.3, 0.4) is 0 Å². The molecule has 2 rings (SSSR count). The van der Waals surface area contributed by atoms with E-state index in [1.807, 2.05) is 19.1 Å². The molecule has 1 heterocycles. The van der Waals surface area contributed by atoms with Crippen LogP contribution >= 0.6 is 0 Å². The molecule has 1 aromatic rings. The molecular formula is C13H14O3. The first-order chi connectivity index (χ1) is 7.72. The highest BCUT2D eigenvalue weighted by molar-refractivity contribution is 5.55. The molecule has 1 unspecified atom stereocenters. The minimum atomic E-state index is -0.00892. The molecule has 0 aromatic heterocycles. The minimum absolute atomic E-state index is 0.00892. The van der Waals surface area contributed by atoms with Gasteiger partial charge in [-0.2, -0.15) is 0 Å². The van der Waals surface area contributed by atoms with Gasteiger partial charge in [0.2, 0.25) is 0 Å². The third-order valence-corrected chi connectivity index (χ3v) is 2.51. The summed E-state index contributed by atoms with van der Waals surface area (Å²) < 4.78 is 5.38. The fourth-order valence-corrected chi connectivity index (χ4v) is 1.76. The van der Waals surface area contributed by atoms with Gasteiger partial charge in [-0.25, -0.2) is 0 Å². The smallest absolute Gasteiger partial charge is 0.165 e. The number of phenolic OH excluding ortho intramolecular Hbond substituents is 2. The fourth-order valence-electron chi connectivity index (χ4n) is 1.76. The van der Waals surface area contributed by atoms with Crippen molar-refractivity contribution in [3.63, 3.8) is 0 Å². The number of hydrogen-bond donors (Lipinski definition) is 2. The van der Waals surface area contributed by atoms with Crippen LogP contribution in [0.1, 0.15) is 24.8 Å². The van der Waals surface area contributed by atoms with E-state index in [9.17, 15) is 10.2 Å². The largest absolute Gasteiger partial charge is 0.508 e. The molecule has 1 aliphatic rings. The van der Waals surface area contributed by atoms with Gasteiger partial charge >= 0.3 is 0 Å². The van der Waals surface area contributed by atoms with E-state index in [1.165, 1.54) is 6.07 Å². The number of ether oxygens (including phenoxy) is 1. The van der Waals surface area contributed by atoms with Crippen molar-refractivity contribution in [3.05, 3.63) is 35.6 Å². The van der Waals surface area contributed by atoms with Crippen molar-refractivity contribution in [2.24, 2.45) is 0 Å². The highest BCUT2D eigenvalue weighted by atomic mass is 16.5. The standard InChI is InChI=1S/C13H14O3/c1-2-3-4-5-9-8-16-13-11(9)6-10(14)7-12(13)15/h3,5-7,9,14-15H,2,8H2,1H3. The highest BCUT2D eigenvalue weighted by Gasteiger charge is 2.25. The van der Waals surface area contributed by atoms with Crippen LogP contribution in [0.4, 0.5) is 0 Å². The molecule has 0 bridgehead atoms. The van der Waals surface area contributed by atoms with Crippen molar-refractivity contribution in [1.29, 1.82) is 0 Å². The van der Waals surface area contributed by atoms with Gasteiger partial charge < -0.3 is 14.9 Å². The van der Waals surface area contributed by atoms with Gasteiger partial charge in [0, 0.05) is 17.5 Å². The lowest BCUT2D eigenvalue weighted by Crippen LogP contribution is -1.95. The third kappa shape index (κ3) is 1.90. The molecule has 1 atom stereocenters. The number of hydrogen-bond acceptors (Lipinski definition) is 3. The van der Waals surface area contributed by atoms with Gasteiger partial charge in [-0.05, 0) is 24.6 Å². The molecule has 2 N–H and O–H groups in total. The number of benzene rings is 1. The molecule has 0 radical (unpaired) electrons. The van der Waals surface area contributed by atoms with Crippen LogP contribution in [0, 0.1) is 0 Å². The van der Waals surface area contributed by atoms with Crippen LogP contribution in [0.2, 0.25) is 0 Å². The Morgan fingerprint density at radius 1 is 1.50 bits per heavy atom. The molecule has 1 aromatic carbocycles. The second-order valence-electron chi connectivity index (χ2n) is 3.75. The van der Waals surface area contributed by atoms with Crippen molar-refractivity contribution in [1.82, 2.24) is 0 Å². The van der Waals surface area contributed by atoms with E-state index in [4.69, 9.17) is 4.74 Å². The first-order valence-corrected chi connectivity index (χ1v) is 5.32. The lowest BCUT2D eigenvalue weighted by atomic mass is 10.0. The number of phenols is 2. The number of fused-ring (bicyclic) bond motifs is 1. The summed E-state index contributed by atoms with van der Waals surface area (Å²) in [6.45, 7) is 2.52. The van der Waals surface area contributed by atoms with Crippen molar-refractivity contribution < 1.29 is 14.9 Å². The fraction of sp³-hybridized carbons (Fsp3) is 0.308. The molecule has 84 valence electrons. The number of rotatable bonds is 2. The summed E-state index contributed by atoms with van der Waals surface area (Å²) >= 11 is 0. The van der Waals surface area contributed by atoms with Crippen LogP contribution in [0.15, 0.2) is 30.0 Å². The maximum atomic E-state index is 9.57. The summed E-state index contributed by atoms with van der Waals surface area (Å²) in [6, 6.07) is 2.91. The Morgan fingerprint density at radius 2 is 2.31 bits per heavy atom. The Morgan fingerprint density at radius 3 is 3.06 bits per heavy atom. The minimum Gasteiger partial charge on any atom is -0.508 e. The maximum absolute atomic E-state index is 9.57. The normalized spacial score (nSPS) is 17.2. The predicted molar refractivity (Wildman–Crippen MR) is 61.0 cm³/mol. The van der Waals surface area contributed by atoms with Gasteiger partial charge in [0.25, 0.3) is 0 Å². The van der Waals surface area contributed by atoms with E-state index in [1.54, 1.807) is 6.07 Å². The van der Waals surface area contributed by atoms with Crippen molar-refractivity contribution in [3.8, 4) is 17.2 Å². The van der Waals surface area contributed by atoms with E-state index >= 15 is 0 Å². The monoisotopic (exact) mass is 218 g/mol. The van der Waals surface area contributed by atoms with Crippen LogP contribution in [0.25, 0.3) is 0 Å². The molecule has 0 spiro atoms. The lowest BCUT2D eigenvalue weighted by Gasteiger charge is -2.03. The third-order valence-electron chi connectivity index (χ3n) is 2.51. The van der Waals surface area contributed by atoms with Gasteiger partial charge in [-0.15, -0.1) is 5.73 Å². The van der Waals surface area contributed by atoms with Gasteiger partial charge in [0.15, 0.2) is 11.5 Å². The topological polar surface area (TPSA) is 49.7 Å². The molecule has 0 amide bonds. The SMILES string of the molecule is CCC=C=CC1COc2c(O)cc(O)cc21. The number of aromatic hydroxyl groups is 2. The summed E-state index contributed by atoms with van der Waals surface area (Å²) in [5.74, 6) is 0.568. The van der Waals surface area contributed by atoms with Gasteiger partial charge in [0.05, 0.1) is 6.61 Å². The Balaban J connectivity index is 2.36. The molecule has 0 aliphatic carbocycles. The summed E-state index contributed by atoms with van der Waals surface area (Å²) in [6.07, 6.45) is 4.76. The molecule has 16 heavy (non-hydrogen) atoms. The molecule has 0 saturated heterocycles.